The molecule has 0 aliphatic rings. The zero-order chi connectivity index (χ0) is 27.5. The fraction of sp³-hybridized carbons (Fsp3) is 0.343. The molecule has 0 amide bonds. The number of nitrogens with two attached hydrogens (primary N) is 2. The van der Waals surface area contributed by atoms with E-state index in [9.17, 15) is 0 Å². The molecular formula is C35H43N3O. The van der Waals surface area contributed by atoms with Crippen molar-refractivity contribution in [2.24, 2.45) is 0 Å². The van der Waals surface area contributed by atoms with Crippen molar-refractivity contribution < 1.29 is 4.74 Å². The molecule has 0 radical (unpaired) electrons. The van der Waals surface area contributed by atoms with Gasteiger partial charge in [-0.05, 0) is 67.3 Å². The van der Waals surface area contributed by atoms with Gasteiger partial charge in [0.05, 0.1) is 17.5 Å². The number of hydrogen-bond acceptors (Lipinski definition) is 4. The standard InChI is InChI=1S/C35H43N3O/c1-3-5-6-7-8-9-13-31(12-4-2)39-35-15-11-10-14-32(35)28-24-33(26-16-20-29(36)21-17-26)38-34(25-28)27-18-22-30(37)23-19-27/h10-11,14-25,31H,3-9,12-13,36-37H2,1-2H3. The summed E-state index contributed by atoms with van der Waals surface area (Å²) < 4.78 is 6.74. The highest BCUT2D eigenvalue weighted by molar-refractivity contribution is 5.79. The van der Waals surface area contributed by atoms with E-state index < -0.39 is 0 Å². The molecule has 0 saturated carbocycles. The van der Waals surface area contributed by atoms with Crippen molar-refractivity contribution in [3.63, 3.8) is 0 Å². The lowest BCUT2D eigenvalue weighted by Gasteiger charge is -2.21. The first-order valence-electron chi connectivity index (χ1n) is 14.6. The largest absolute Gasteiger partial charge is 0.490 e. The van der Waals surface area contributed by atoms with Crippen LogP contribution in [0.5, 0.6) is 5.75 Å². The molecule has 39 heavy (non-hydrogen) atoms. The van der Waals surface area contributed by atoms with E-state index >= 15 is 0 Å². The fourth-order valence-corrected chi connectivity index (χ4v) is 5.01. The van der Waals surface area contributed by atoms with Gasteiger partial charge in [0.2, 0.25) is 0 Å². The van der Waals surface area contributed by atoms with Crippen molar-refractivity contribution in [3.8, 4) is 39.4 Å². The molecule has 0 saturated heterocycles. The number of nitrogen functional groups attached to an aromatic ring is 2. The summed E-state index contributed by atoms with van der Waals surface area (Å²) in [6.45, 7) is 4.51. The summed E-state index contributed by atoms with van der Waals surface area (Å²) in [6, 6.07) is 28.5. The number of benzene rings is 3. The topological polar surface area (TPSA) is 74.2 Å². The average Bonchev–Trinajstić information content (AvgIpc) is 2.96. The Morgan fingerprint density at radius 3 is 1.77 bits per heavy atom. The van der Waals surface area contributed by atoms with Crippen molar-refractivity contribution in [1.82, 2.24) is 4.98 Å². The van der Waals surface area contributed by atoms with E-state index in [1.807, 2.05) is 48.5 Å². The fourth-order valence-electron chi connectivity index (χ4n) is 5.01. The van der Waals surface area contributed by atoms with Crippen LogP contribution in [0.3, 0.4) is 0 Å². The summed E-state index contributed by atoms with van der Waals surface area (Å²) in [5, 5.41) is 0. The second-order valence-corrected chi connectivity index (χ2v) is 10.5. The Labute approximate surface area is 234 Å². The second-order valence-electron chi connectivity index (χ2n) is 10.5. The molecule has 1 aromatic heterocycles. The van der Waals surface area contributed by atoms with Gasteiger partial charge in [0, 0.05) is 28.1 Å². The Kier molecular flexibility index (Phi) is 10.4. The summed E-state index contributed by atoms with van der Waals surface area (Å²) in [5.74, 6) is 0.930. The second kappa shape index (κ2) is 14.4. The lowest BCUT2D eigenvalue weighted by atomic mass is 9.99. The molecule has 0 aliphatic heterocycles. The Hall–Kier alpha value is -3.79. The van der Waals surface area contributed by atoms with Crippen LogP contribution in [0.15, 0.2) is 84.9 Å². The average molecular weight is 522 g/mol. The predicted octanol–water partition coefficient (Wildman–Crippen LogP) is 9.55. The van der Waals surface area contributed by atoms with Gasteiger partial charge in [-0.15, -0.1) is 0 Å². The molecule has 0 fully saturated rings. The monoisotopic (exact) mass is 521 g/mol. The van der Waals surface area contributed by atoms with E-state index in [0.717, 1.165) is 70.0 Å². The Morgan fingerprint density at radius 2 is 1.18 bits per heavy atom. The van der Waals surface area contributed by atoms with E-state index in [2.05, 4.69) is 50.2 Å². The van der Waals surface area contributed by atoms with E-state index in [1.54, 1.807) is 0 Å². The van der Waals surface area contributed by atoms with E-state index in [0.29, 0.717) is 0 Å². The SMILES string of the molecule is CCCCCCCCC(CCC)Oc1ccccc1-c1cc(-c2ccc(N)cc2)nc(-c2ccc(N)cc2)c1. The number of para-hydroxylation sites is 1. The molecule has 4 rings (SSSR count). The minimum absolute atomic E-state index is 0.220. The van der Waals surface area contributed by atoms with Gasteiger partial charge in [0.15, 0.2) is 0 Å². The number of ether oxygens (including phenoxy) is 1. The van der Waals surface area contributed by atoms with Crippen LogP contribution in [-0.4, -0.2) is 11.1 Å². The van der Waals surface area contributed by atoms with Gasteiger partial charge in [0.1, 0.15) is 5.75 Å². The minimum Gasteiger partial charge on any atom is -0.490 e. The van der Waals surface area contributed by atoms with Crippen LogP contribution in [0.4, 0.5) is 11.4 Å². The Bertz CT molecular complexity index is 1230. The van der Waals surface area contributed by atoms with Crippen molar-refractivity contribution in [2.45, 2.75) is 77.7 Å². The van der Waals surface area contributed by atoms with Gasteiger partial charge in [-0.25, -0.2) is 4.98 Å². The zero-order valence-corrected chi connectivity index (χ0v) is 23.5. The molecule has 4 heteroatoms. The highest BCUT2D eigenvalue weighted by Crippen LogP contribution is 2.36. The lowest BCUT2D eigenvalue weighted by Crippen LogP contribution is -2.16. The van der Waals surface area contributed by atoms with Crippen molar-refractivity contribution in [2.75, 3.05) is 11.5 Å². The van der Waals surface area contributed by atoms with Crippen molar-refractivity contribution >= 4 is 11.4 Å². The number of nitrogens with zero attached hydrogens (tertiary/aromatic N) is 1. The predicted molar refractivity (Wildman–Crippen MR) is 167 cm³/mol. The van der Waals surface area contributed by atoms with Crippen LogP contribution in [0.1, 0.15) is 71.6 Å². The van der Waals surface area contributed by atoms with Crippen molar-refractivity contribution in [1.29, 1.82) is 0 Å². The molecule has 204 valence electrons. The first-order valence-corrected chi connectivity index (χ1v) is 14.6. The number of anilines is 2. The van der Waals surface area contributed by atoms with Gasteiger partial charge in [-0.1, -0.05) is 94.8 Å². The summed E-state index contributed by atoms with van der Waals surface area (Å²) in [6.07, 6.45) is 11.3. The molecule has 3 aromatic carbocycles. The number of pyridine rings is 1. The highest BCUT2D eigenvalue weighted by atomic mass is 16.5. The minimum atomic E-state index is 0.220. The number of hydrogen-bond donors (Lipinski definition) is 2. The third-order valence-corrected chi connectivity index (χ3v) is 7.22. The van der Waals surface area contributed by atoms with Crippen LogP contribution in [0, 0.1) is 0 Å². The third kappa shape index (κ3) is 8.10. The maximum absolute atomic E-state index is 6.74. The van der Waals surface area contributed by atoms with E-state index in [-0.39, 0.29) is 6.10 Å². The Balaban J connectivity index is 1.66. The Morgan fingerprint density at radius 1 is 0.615 bits per heavy atom. The molecule has 1 atom stereocenters. The molecule has 0 spiro atoms. The smallest absolute Gasteiger partial charge is 0.127 e. The van der Waals surface area contributed by atoms with Crippen LogP contribution >= 0.6 is 0 Å². The summed E-state index contributed by atoms with van der Waals surface area (Å²) in [4.78, 5) is 5.03. The number of rotatable bonds is 14. The summed E-state index contributed by atoms with van der Waals surface area (Å²) in [7, 11) is 0. The van der Waals surface area contributed by atoms with Gasteiger partial charge < -0.3 is 16.2 Å². The first kappa shape index (κ1) is 28.2. The molecule has 0 aliphatic carbocycles. The normalized spacial score (nSPS) is 11.8. The van der Waals surface area contributed by atoms with Gasteiger partial charge in [-0.2, -0.15) is 0 Å². The van der Waals surface area contributed by atoms with Crippen LogP contribution in [0.25, 0.3) is 33.6 Å². The third-order valence-electron chi connectivity index (χ3n) is 7.22. The van der Waals surface area contributed by atoms with Gasteiger partial charge >= 0.3 is 0 Å². The van der Waals surface area contributed by atoms with Gasteiger partial charge in [0.25, 0.3) is 0 Å². The molecule has 0 bridgehead atoms. The van der Waals surface area contributed by atoms with Crippen molar-refractivity contribution in [3.05, 3.63) is 84.9 Å². The summed E-state index contributed by atoms with van der Waals surface area (Å²) in [5.41, 5.74) is 19.4. The van der Waals surface area contributed by atoms with E-state index in [4.69, 9.17) is 21.2 Å². The summed E-state index contributed by atoms with van der Waals surface area (Å²) >= 11 is 0. The van der Waals surface area contributed by atoms with Crippen LogP contribution in [0.2, 0.25) is 0 Å². The molecule has 1 heterocycles. The molecule has 4 aromatic rings. The zero-order valence-electron chi connectivity index (χ0n) is 23.5. The quantitative estimate of drug-likeness (QED) is 0.128. The van der Waals surface area contributed by atoms with Crippen LogP contribution in [-0.2, 0) is 0 Å². The molecule has 4 nitrogen and oxygen atoms in total. The first-order chi connectivity index (χ1) is 19.1. The lowest BCUT2D eigenvalue weighted by molar-refractivity contribution is 0.176. The number of aromatic nitrogens is 1. The van der Waals surface area contributed by atoms with Gasteiger partial charge in [-0.3, -0.25) is 0 Å². The maximum atomic E-state index is 6.74. The highest BCUT2D eigenvalue weighted by Gasteiger charge is 2.16. The molecule has 1 unspecified atom stereocenters. The molecular weight excluding hydrogens is 478 g/mol. The van der Waals surface area contributed by atoms with Crippen LogP contribution < -0.4 is 16.2 Å². The van der Waals surface area contributed by atoms with E-state index in [1.165, 1.54) is 38.5 Å². The maximum Gasteiger partial charge on any atom is 0.127 e. The number of unbranched alkanes of at least 4 members (excludes halogenated alkanes) is 5. The molecule has 4 N–H and O–H groups in total.